The summed E-state index contributed by atoms with van der Waals surface area (Å²) in [6.07, 6.45) is 1.80. The molecule has 0 N–H and O–H groups in total. The Morgan fingerprint density at radius 3 is 2.12 bits per heavy atom. The number of rotatable bonds is 3. The van der Waals surface area contributed by atoms with Crippen molar-refractivity contribution < 1.29 is 0 Å². The Morgan fingerprint density at radius 1 is 0.833 bits per heavy atom. The predicted molar refractivity (Wildman–Crippen MR) is 102 cm³/mol. The van der Waals surface area contributed by atoms with Crippen LogP contribution in [0.15, 0.2) is 48.7 Å². The molecule has 0 atom stereocenters. The third-order valence-electron chi connectivity index (χ3n) is 3.52. The van der Waals surface area contributed by atoms with Crippen molar-refractivity contribution in [1.29, 1.82) is 0 Å². The maximum atomic E-state index is 6.40. The smallest absolute Gasteiger partial charge is 0.225 e. The van der Waals surface area contributed by atoms with Gasteiger partial charge in [0, 0.05) is 41.5 Å². The molecule has 0 amide bonds. The van der Waals surface area contributed by atoms with Crippen LogP contribution in [0.5, 0.6) is 0 Å². The minimum Gasteiger partial charge on any atom is -0.347 e. The summed E-state index contributed by atoms with van der Waals surface area (Å²) in [4.78, 5) is 11.0. The average molecular weight is 379 g/mol. The molecule has 0 saturated heterocycles. The summed E-state index contributed by atoms with van der Waals surface area (Å²) < 4.78 is 0. The lowest BCUT2D eigenvalue weighted by molar-refractivity contribution is 1.00. The van der Waals surface area contributed by atoms with Crippen LogP contribution in [0, 0.1) is 0 Å². The van der Waals surface area contributed by atoms with E-state index in [0.29, 0.717) is 21.0 Å². The molecule has 0 bridgehead atoms. The molecule has 0 spiro atoms. The van der Waals surface area contributed by atoms with E-state index >= 15 is 0 Å². The molecule has 0 aliphatic heterocycles. The van der Waals surface area contributed by atoms with Crippen LogP contribution in [0.3, 0.4) is 0 Å². The Kier molecular flexibility index (Phi) is 4.95. The van der Waals surface area contributed by atoms with Gasteiger partial charge >= 0.3 is 0 Å². The van der Waals surface area contributed by atoms with Crippen LogP contribution in [-0.4, -0.2) is 24.1 Å². The molecule has 6 heteroatoms. The second-order valence-corrected chi connectivity index (χ2v) is 6.74. The highest BCUT2D eigenvalue weighted by molar-refractivity contribution is 6.36. The third kappa shape index (κ3) is 3.48. The molecular formula is C18H14Cl3N3. The van der Waals surface area contributed by atoms with Crippen molar-refractivity contribution in [3.05, 3.63) is 63.7 Å². The number of nitrogens with zero attached hydrogens (tertiary/aromatic N) is 3. The first-order chi connectivity index (χ1) is 11.5. The topological polar surface area (TPSA) is 29.0 Å². The van der Waals surface area contributed by atoms with Crippen LogP contribution in [0.4, 0.5) is 5.95 Å². The van der Waals surface area contributed by atoms with Gasteiger partial charge in [0.25, 0.3) is 0 Å². The first-order valence-corrected chi connectivity index (χ1v) is 8.35. The SMILES string of the molecule is CN(C)c1ncc(-c2ccc(Cl)cc2)c(-c2ccc(Cl)cc2Cl)n1. The maximum Gasteiger partial charge on any atom is 0.225 e. The molecule has 0 aliphatic carbocycles. The van der Waals surface area contributed by atoms with Crippen LogP contribution < -0.4 is 4.90 Å². The molecule has 0 radical (unpaired) electrons. The lowest BCUT2D eigenvalue weighted by Crippen LogP contribution is -2.13. The fourth-order valence-corrected chi connectivity index (χ4v) is 2.94. The van der Waals surface area contributed by atoms with Gasteiger partial charge in [-0.15, -0.1) is 0 Å². The van der Waals surface area contributed by atoms with Crippen molar-refractivity contribution in [2.24, 2.45) is 0 Å². The summed E-state index contributed by atoms with van der Waals surface area (Å²) in [5, 5.41) is 1.80. The van der Waals surface area contributed by atoms with E-state index in [9.17, 15) is 0 Å². The van der Waals surface area contributed by atoms with Gasteiger partial charge < -0.3 is 4.90 Å². The predicted octanol–water partition coefficient (Wildman–Crippen LogP) is 5.84. The number of aromatic nitrogens is 2. The fraction of sp³-hybridized carbons (Fsp3) is 0.111. The number of halogens is 3. The van der Waals surface area contributed by atoms with E-state index in [1.165, 1.54) is 0 Å². The molecule has 1 aromatic heterocycles. The Balaban J connectivity index is 2.24. The monoisotopic (exact) mass is 377 g/mol. The van der Waals surface area contributed by atoms with E-state index < -0.39 is 0 Å². The van der Waals surface area contributed by atoms with E-state index in [-0.39, 0.29) is 0 Å². The average Bonchev–Trinajstić information content (AvgIpc) is 2.55. The molecule has 3 aromatic rings. The molecular weight excluding hydrogens is 365 g/mol. The largest absolute Gasteiger partial charge is 0.347 e. The second kappa shape index (κ2) is 6.98. The lowest BCUT2D eigenvalue weighted by atomic mass is 10.0. The van der Waals surface area contributed by atoms with Crippen LogP contribution in [-0.2, 0) is 0 Å². The summed E-state index contributed by atoms with van der Waals surface area (Å²) in [7, 11) is 3.79. The number of hydrogen-bond acceptors (Lipinski definition) is 3. The minimum absolute atomic E-state index is 0.543. The summed E-state index contributed by atoms with van der Waals surface area (Å²) in [6.45, 7) is 0. The van der Waals surface area contributed by atoms with Crippen molar-refractivity contribution in [2.45, 2.75) is 0 Å². The zero-order chi connectivity index (χ0) is 17.3. The van der Waals surface area contributed by atoms with Crippen molar-refractivity contribution >= 4 is 40.8 Å². The Morgan fingerprint density at radius 2 is 1.50 bits per heavy atom. The van der Waals surface area contributed by atoms with Crippen LogP contribution in [0.1, 0.15) is 0 Å². The zero-order valence-electron chi connectivity index (χ0n) is 13.1. The molecule has 0 fully saturated rings. The first-order valence-electron chi connectivity index (χ1n) is 7.21. The molecule has 122 valence electrons. The molecule has 2 aromatic carbocycles. The highest BCUT2D eigenvalue weighted by Crippen LogP contribution is 2.36. The molecule has 0 saturated carbocycles. The highest BCUT2D eigenvalue weighted by atomic mass is 35.5. The Bertz CT molecular complexity index is 877. The Hall–Kier alpha value is -1.81. The van der Waals surface area contributed by atoms with Gasteiger partial charge in [-0.2, -0.15) is 0 Å². The molecule has 24 heavy (non-hydrogen) atoms. The van der Waals surface area contributed by atoms with E-state index in [1.54, 1.807) is 18.3 Å². The van der Waals surface area contributed by atoms with Crippen molar-refractivity contribution in [2.75, 3.05) is 19.0 Å². The lowest BCUT2D eigenvalue weighted by Gasteiger charge is -2.15. The van der Waals surface area contributed by atoms with Gasteiger partial charge in [0.15, 0.2) is 0 Å². The van der Waals surface area contributed by atoms with Gasteiger partial charge in [-0.3, -0.25) is 0 Å². The van der Waals surface area contributed by atoms with Gasteiger partial charge in [-0.1, -0.05) is 46.9 Å². The van der Waals surface area contributed by atoms with E-state index in [2.05, 4.69) is 9.97 Å². The van der Waals surface area contributed by atoms with Crippen molar-refractivity contribution in [1.82, 2.24) is 9.97 Å². The fourth-order valence-electron chi connectivity index (χ4n) is 2.32. The van der Waals surface area contributed by atoms with Crippen molar-refractivity contribution in [3.63, 3.8) is 0 Å². The van der Waals surface area contributed by atoms with Gasteiger partial charge in [0.1, 0.15) is 0 Å². The van der Waals surface area contributed by atoms with Gasteiger partial charge in [0.05, 0.1) is 10.7 Å². The molecule has 0 aliphatic rings. The van der Waals surface area contributed by atoms with Gasteiger partial charge in [-0.05, 0) is 35.9 Å². The summed E-state index contributed by atoms with van der Waals surface area (Å²) in [5.41, 5.74) is 3.39. The number of anilines is 1. The molecule has 3 nitrogen and oxygen atoms in total. The highest BCUT2D eigenvalue weighted by Gasteiger charge is 2.15. The van der Waals surface area contributed by atoms with E-state index in [0.717, 1.165) is 22.4 Å². The standard InChI is InChI=1S/C18H14Cl3N3/c1-24(2)18-22-10-15(11-3-5-12(19)6-4-11)17(23-18)14-8-7-13(20)9-16(14)21/h3-10H,1-2H3. The number of hydrogen-bond donors (Lipinski definition) is 0. The third-order valence-corrected chi connectivity index (χ3v) is 4.32. The van der Waals surface area contributed by atoms with Gasteiger partial charge in [-0.25, -0.2) is 9.97 Å². The normalized spacial score (nSPS) is 10.7. The van der Waals surface area contributed by atoms with E-state index in [1.807, 2.05) is 49.3 Å². The van der Waals surface area contributed by atoms with Crippen molar-refractivity contribution in [3.8, 4) is 22.4 Å². The maximum absolute atomic E-state index is 6.40. The van der Waals surface area contributed by atoms with Crippen LogP contribution in [0.2, 0.25) is 15.1 Å². The minimum atomic E-state index is 0.543. The zero-order valence-corrected chi connectivity index (χ0v) is 15.4. The molecule has 1 heterocycles. The van der Waals surface area contributed by atoms with E-state index in [4.69, 9.17) is 34.8 Å². The van der Waals surface area contributed by atoms with Crippen LogP contribution >= 0.6 is 34.8 Å². The summed E-state index contributed by atoms with van der Waals surface area (Å²) in [6, 6.07) is 12.9. The molecule has 3 rings (SSSR count). The second-order valence-electron chi connectivity index (χ2n) is 5.46. The first kappa shape index (κ1) is 17.0. The summed E-state index contributed by atoms with van der Waals surface area (Å²) >= 11 is 18.4. The quantitative estimate of drug-likeness (QED) is 0.573. The summed E-state index contributed by atoms with van der Waals surface area (Å²) in [5.74, 6) is 0.605. The number of benzene rings is 2. The Labute approximate surface area is 155 Å². The van der Waals surface area contributed by atoms with Crippen LogP contribution in [0.25, 0.3) is 22.4 Å². The molecule has 0 unspecified atom stereocenters. The van der Waals surface area contributed by atoms with Gasteiger partial charge in [0.2, 0.25) is 5.95 Å².